The monoisotopic (exact) mass is 422 g/mol. The van der Waals surface area contributed by atoms with Gasteiger partial charge in [0.05, 0.1) is 10.8 Å². The van der Waals surface area contributed by atoms with Crippen molar-refractivity contribution in [3.63, 3.8) is 0 Å². The fourth-order valence-corrected chi connectivity index (χ4v) is 4.68. The van der Waals surface area contributed by atoms with E-state index >= 15 is 0 Å². The third kappa shape index (κ3) is 5.40. The van der Waals surface area contributed by atoms with Gasteiger partial charge in [-0.2, -0.15) is 0 Å². The highest BCUT2D eigenvalue weighted by molar-refractivity contribution is 7.89. The van der Waals surface area contributed by atoms with E-state index in [0.717, 1.165) is 0 Å². The summed E-state index contributed by atoms with van der Waals surface area (Å²) < 4.78 is 53.0. The van der Waals surface area contributed by atoms with Gasteiger partial charge in [-0.3, -0.25) is 0 Å². The molecule has 0 fully saturated rings. The van der Waals surface area contributed by atoms with Gasteiger partial charge >= 0.3 is 0 Å². The van der Waals surface area contributed by atoms with E-state index in [4.69, 9.17) is 23.2 Å². The Bertz CT molecular complexity index is 977. The maximum atomic E-state index is 12.4. The molecule has 2 N–H and O–H groups in total. The Balaban J connectivity index is 2.25. The molecular formula is C15H16Cl2N2O4S2. The molecule has 0 radical (unpaired) electrons. The Morgan fingerprint density at radius 2 is 1.60 bits per heavy atom. The van der Waals surface area contributed by atoms with Crippen molar-refractivity contribution in [3.8, 4) is 0 Å². The van der Waals surface area contributed by atoms with Crippen LogP contribution in [0.3, 0.4) is 0 Å². The van der Waals surface area contributed by atoms with Crippen LogP contribution in [0.15, 0.2) is 47.4 Å². The van der Waals surface area contributed by atoms with E-state index in [2.05, 4.69) is 9.44 Å². The molecule has 0 aliphatic heterocycles. The van der Waals surface area contributed by atoms with Crippen molar-refractivity contribution in [2.75, 3.05) is 7.05 Å². The summed E-state index contributed by atoms with van der Waals surface area (Å²) in [5, 5.41) is 0.285. The van der Waals surface area contributed by atoms with Crippen LogP contribution in [0, 0.1) is 0 Å². The molecule has 0 saturated carbocycles. The van der Waals surface area contributed by atoms with Crippen LogP contribution in [-0.4, -0.2) is 23.9 Å². The lowest BCUT2D eigenvalue weighted by atomic mass is 10.1. The molecule has 6 nitrogen and oxygen atoms in total. The molecule has 10 heteroatoms. The number of rotatable bonds is 7. The molecule has 0 aliphatic rings. The first-order chi connectivity index (χ1) is 11.6. The van der Waals surface area contributed by atoms with Crippen molar-refractivity contribution in [1.29, 1.82) is 0 Å². The number of hydrogen-bond acceptors (Lipinski definition) is 4. The summed E-state index contributed by atoms with van der Waals surface area (Å²) in [6, 6.07) is 10.8. The highest BCUT2D eigenvalue weighted by atomic mass is 35.5. The van der Waals surface area contributed by atoms with Crippen LogP contribution < -0.4 is 9.44 Å². The Morgan fingerprint density at radius 3 is 2.24 bits per heavy atom. The molecule has 25 heavy (non-hydrogen) atoms. The number of hydrogen-bond donors (Lipinski definition) is 2. The topological polar surface area (TPSA) is 92.3 Å². The standard InChI is InChI=1S/C15H16Cl2N2O4S2/c1-18-24(20,21)10-12-5-3-2-4-11(12)9-19-25(22,23)15-8-13(16)6-7-14(15)17/h2-8,18-19H,9-10H2,1H3. The molecule has 0 atom stereocenters. The van der Waals surface area contributed by atoms with Gasteiger partial charge in [0.15, 0.2) is 0 Å². The van der Waals surface area contributed by atoms with Crippen molar-refractivity contribution in [1.82, 2.24) is 9.44 Å². The van der Waals surface area contributed by atoms with E-state index in [1.54, 1.807) is 24.3 Å². The van der Waals surface area contributed by atoms with E-state index in [9.17, 15) is 16.8 Å². The van der Waals surface area contributed by atoms with Crippen LogP contribution in [0.1, 0.15) is 11.1 Å². The summed E-state index contributed by atoms with van der Waals surface area (Å²) in [5.41, 5.74) is 1.04. The van der Waals surface area contributed by atoms with E-state index in [-0.39, 0.29) is 27.2 Å². The van der Waals surface area contributed by atoms with E-state index < -0.39 is 20.0 Å². The average Bonchev–Trinajstić information content (AvgIpc) is 2.56. The molecule has 0 aromatic heterocycles. The van der Waals surface area contributed by atoms with E-state index in [0.29, 0.717) is 11.1 Å². The minimum atomic E-state index is -3.91. The highest BCUT2D eigenvalue weighted by Gasteiger charge is 2.19. The average molecular weight is 423 g/mol. The summed E-state index contributed by atoms with van der Waals surface area (Å²) in [4.78, 5) is -0.137. The lowest BCUT2D eigenvalue weighted by Gasteiger charge is -2.12. The molecule has 2 aromatic carbocycles. The van der Waals surface area contributed by atoms with Crippen LogP contribution in [-0.2, 0) is 32.3 Å². The normalized spacial score (nSPS) is 12.3. The van der Waals surface area contributed by atoms with Gasteiger partial charge < -0.3 is 0 Å². The van der Waals surface area contributed by atoms with Gasteiger partial charge in [-0.15, -0.1) is 0 Å². The fourth-order valence-electron chi connectivity index (χ4n) is 2.08. The molecule has 2 aromatic rings. The number of nitrogens with one attached hydrogen (secondary N) is 2. The Hall–Kier alpha value is -1.16. The predicted octanol–water partition coefficient (Wildman–Crippen LogP) is 2.52. The molecular weight excluding hydrogens is 407 g/mol. The third-order valence-electron chi connectivity index (χ3n) is 3.41. The second-order valence-electron chi connectivity index (χ2n) is 5.13. The molecule has 0 aliphatic carbocycles. The maximum Gasteiger partial charge on any atom is 0.242 e. The zero-order valence-electron chi connectivity index (χ0n) is 13.2. The number of benzene rings is 2. The van der Waals surface area contributed by atoms with E-state index in [1.165, 1.54) is 25.2 Å². The minimum absolute atomic E-state index is 0.0444. The Kier molecular flexibility index (Phi) is 6.47. The van der Waals surface area contributed by atoms with Crippen LogP contribution >= 0.6 is 23.2 Å². The van der Waals surface area contributed by atoms with Gasteiger partial charge in [-0.25, -0.2) is 26.3 Å². The molecule has 0 bridgehead atoms. The van der Waals surface area contributed by atoms with Crippen LogP contribution in [0.25, 0.3) is 0 Å². The smallest absolute Gasteiger partial charge is 0.218 e. The van der Waals surface area contributed by atoms with Crippen molar-refractivity contribution >= 4 is 43.2 Å². The second kappa shape index (κ2) is 8.03. The minimum Gasteiger partial charge on any atom is -0.218 e. The summed E-state index contributed by atoms with van der Waals surface area (Å²) >= 11 is 11.8. The van der Waals surface area contributed by atoms with Crippen molar-refractivity contribution in [2.45, 2.75) is 17.2 Å². The van der Waals surface area contributed by atoms with Gasteiger partial charge in [0, 0.05) is 11.6 Å². The lowest BCUT2D eigenvalue weighted by molar-refractivity contribution is 0.581. The quantitative estimate of drug-likeness (QED) is 0.716. The Labute approximate surface area is 157 Å². The zero-order chi connectivity index (χ0) is 18.7. The van der Waals surface area contributed by atoms with Crippen molar-refractivity contribution < 1.29 is 16.8 Å². The molecule has 0 spiro atoms. The van der Waals surface area contributed by atoms with Gasteiger partial charge in [0.25, 0.3) is 0 Å². The van der Waals surface area contributed by atoms with Crippen LogP contribution in [0.4, 0.5) is 0 Å². The molecule has 0 heterocycles. The van der Waals surface area contributed by atoms with Crippen molar-refractivity contribution in [3.05, 3.63) is 63.6 Å². The van der Waals surface area contributed by atoms with Crippen LogP contribution in [0.5, 0.6) is 0 Å². The van der Waals surface area contributed by atoms with Gasteiger partial charge in [-0.05, 0) is 36.4 Å². The number of sulfonamides is 2. The summed E-state index contributed by atoms with van der Waals surface area (Å²) in [5.74, 6) is -0.251. The first-order valence-electron chi connectivity index (χ1n) is 7.07. The highest BCUT2D eigenvalue weighted by Crippen LogP contribution is 2.25. The first kappa shape index (κ1) is 20.2. The summed E-state index contributed by atoms with van der Waals surface area (Å²) in [7, 11) is -6.07. The maximum absolute atomic E-state index is 12.4. The van der Waals surface area contributed by atoms with Gasteiger partial charge in [0.1, 0.15) is 4.90 Å². The zero-order valence-corrected chi connectivity index (χ0v) is 16.3. The number of halogens is 2. The largest absolute Gasteiger partial charge is 0.242 e. The van der Waals surface area contributed by atoms with Crippen LogP contribution in [0.2, 0.25) is 10.0 Å². The first-order valence-corrected chi connectivity index (χ1v) is 11.0. The van der Waals surface area contributed by atoms with Gasteiger partial charge in [-0.1, -0.05) is 47.5 Å². The van der Waals surface area contributed by atoms with Gasteiger partial charge in [0.2, 0.25) is 20.0 Å². The molecule has 136 valence electrons. The lowest BCUT2D eigenvalue weighted by Crippen LogP contribution is -2.25. The molecule has 2 rings (SSSR count). The summed E-state index contributed by atoms with van der Waals surface area (Å²) in [6.07, 6.45) is 0. The Morgan fingerprint density at radius 1 is 0.960 bits per heavy atom. The molecule has 0 saturated heterocycles. The predicted molar refractivity (Wildman–Crippen MR) is 98.6 cm³/mol. The fraction of sp³-hybridized carbons (Fsp3) is 0.200. The third-order valence-corrected chi connectivity index (χ3v) is 6.84. The summed E-state index contributed by atoms with van der Waals surface area (Å²) in [6.45, 7) is -0.0828. The van der Waals surface area contributed by atoms with E-state index in [1.807, 2.05) is 0 Å². The molecule has 0 amide bonds. The SMILES string of the molecule is CNS(=O)(=O)Cc1ccccc1CNS(=O)(=O)c1cc(Cl)ccc1Cl. The van der Waals surface area contributed by atoms with Crippen molar-refractivity contribution in [2.24, 2.45) is 0 Å². The molecule has 0 unspecified atom stereocenters. The second-order valence-corrected chi connectivity index (χ2v) is 9.64.